The molecule has 5 rings (SSSR count). The van der Waals surface area contributed by atoms with Crippen molar-refractivity contribution in [3.8, 4) is 17.2 Å². The highest BCUT2D eigenvalue weighted by molar-refractivity contribution is 9.10. The summed E-state index contributed by atoms with van der Waals surface area (Å²) >= 11 is 11.2. The van der Waals surface area contributed by atoms with E-state index in [0.29, 0.717) is 27.0 Å². The number of hydrogen-bond acceptors (Lipinski definition) is 7. The Morgan fingerprint density at radius 2 is 1.72 bits per heavy atom. The topological polar surface area (TPSA) is 86.2 Å². The maximum Gasteiger partial charge on any atom is 0.355 e. The molecule has 7 nitrogen and oxygen atoms in total. The lowest BCUT2D eigenvalue weighted by molar-refractivity contribution is -0.123. The first kappa shape index (κ1) is 26.7. The molecule has 0 aliphatic heterocycles. The summed E-state index contributed by atoms with van der Waals surface area (Å²) < 4.78 is 18.3. The van der Waals surface area contributed by atoms with Gasteiger partial charge in [0.05, 0.1) is 22.8 Å². The summed E-state index contributed by atoms with van der Waals surface area (Å²) in [6.45, 7) is -0.215. The van der Waals surface area contributed by atoms with Crippen LogP contribution in [0, 0.1) is 0 Å². The maximum atomic E-state index is 12.8. The molecule has 39 heavy (non-hydrogen) atoms. The number of thiophene rings is 1. The molecule has 1 amide bonds. The van der Waals surface area contributed by atoms with Gasteiger partial charge in [0.15, 0.2) is 18.1 Å². The summed E-state index contributed by atoms with van der Waals surface area (Å²) in [5.74, 6) is 0.0989. The number of hydrazone groups is 1. The van der Waals surface area contributed by atoms with Crippen LogP contribution in [0.2, 0.25) is 5.02 Å². The molecule has 0 bridgehead atoms. The van der Waals surface area contributed by atoms with Crippen molar-refractivity contribution < 1.29 is 23.8 Å². The van der Waals surface area contributed by atoms with E-state index in [-0.39, 0.29) is 12.4 Å². The summed E-state index contributed by atoms with van der Waals surface area (Å²) in [6.07, 6.45) is 1.45. The van der Waals surface area contributed by atoms with Crippen LogP contribution in [0.5, 0.6) is 17.2 Å². The predicted octanol–water partition coefficient (Wildman–Crippen LogP) is 7.23. The highest BCUT2D eigenvalue weighted by Gasteiger charge is 2.20. The second-order valence-electron chi connectivity index (χ2n) is 8.22. The van der Waals surface area contributed by atoms with Crippen molar-refractivity contribution in [2.45, 2.75) is 0 Å². The molecule has 4 aromatic carbocycles. The Hall–Kier alpha value is -3.92. The monoisotopic (exact) mass is 622 g/mol. The number of hydrogen-bond donors (Lipinski definition) is 1. The Morgan fingerprint density at radius 3 is 2.51 bits per heavy atom. The molecule has 0 saturated heterocycles. The molecule has 0 radical (unpaired) electrons. The van der Waals surface area contributed by atoms with E-state index in [1.54, 1.807) is 24.3 Å². The number of nitrogens with zero attached hydrogens (tertiary/aromatic N) is 1. The van der Waals surface area contributed by atoms with E-state index < -0.39 is 11.9 Å². The van der Waals surface area contributed by atoms with Crippen LogP contribution < -0.4 is 19.6 Å². The van der Waals surface area contributed by atoms with E-state index in [9.17, 15) is 9.59 Å². The summed E-state index contributed by atoms with van der Waals surface area (Å²) in [4.78, 5) is 25.4. The third-order valence-corrected chi connectivity index (χ3v) is 8.17. The van der Waals surface area contributed by atoms with Crippen LogP contribution in [0.25, 0.3) is 20.9 Å². The first-order valence-electron chi connectivity index (χ1n) is 11.6. The third kappa shape index (κ3) is 5.90. The molecule has 0 unspecified atom stereocenters. The van der Waals surface area contributed by atoms with Gasteiger partial charge >= 0.3 is 5.97 Å². The fraction of sp³-hybridized carbons (Fsp3) is 0.0690. The van der Waals surface area contributed by atoms with Gasteiger partial charge in [0.1, 0.15) is 10.6 Å². The van der Waals surface area contributed by atoms with Gasteiger partial charge in [-0.2, -0.15) is 5.10 Å². The minimum atomic E-state index is -0.578. The van der Waals surface area contributed by atoms with Gasteiger partial charge in [0, 0.05) is 10.1 Å². The number of benzene rings is 4. The van der Waals surface area contributed by atoms with Gasteiger partial charge in [-0.05, 0) is 62.6 Å². The standard InChI is InChI=1S/C29H20BrClN2O5S/c1-36-23-14-17(10-12-21(23)38-29(35)28-27(31)20-8-4-5-9-24(20)39-28)15-32-33-25(34)16-37-22-13-11-18-6-2-3-7-19(18)26(22)30/h2-15H,16H2,1H3,(H,33,34)/b32-15-. The summed E-state index contributed by atoms with van der Waals surface area (Å²) in [5.41, 5.74) is 3.05. The number of rotatable bonds is 8. The SMILES string of the molecule is COc1cc(/C=N\NC(=O)COc2ccc3ccccc3c2Br)ccc1OC(=O)c1sc2ccccc2c1Cl. The molecule has 0 atom stereocenters. The van der Waals surface area contributed by atoms with Crippen molar-refractivity contribution in [1.29, 1.82) is 0 Å². The quantitative estimate of drug-likeness (QED) is 0.0853. The van der Waals surface area contributed by atoms with E-state index in [1.165, 1.54) is 24.7 Å². The van der Waals surface area contributed by atoms with Gasteiger partial charge in [0.25, 0.3) is 5.91 Å². The molecule has 10 heteroatoms. The van der Waals surface area contributed by atoms with Crippen LogP contribution in [-0.4, -0.2) is 31.8 Å². The zero-order chi connectivity index (χ0) is 27.4. The van der Waals surface area contributed by atoms with Crippen molar-refractivity contribution >= 4 is 77.8 Å². The van der Waals surface area contributed by atoms with Gasteiger partial charge in [-0.3, -0.25) is 4.79 Å². The Balaban J connectivity index is 1.20. The molecule has 0 saturated carbocycles. The van der Waals surface area contributed by atoms with Gasteiger partial charge < -0.3 is 14.2 Å². The molecular weight excluding hydrogens is 604 g/mol. The predicted molar refractivity (Wildman–Crippen MR) is 158 cm³/mol. The van der Waals surface area contributed by atoms with Crippen LogP contribution in [0.1, 0.15) is 15.2 Å². The molecule has 1 N–H and O–H groups in total. The smallest absolute Gasteiger partial charge is 0.355 e. The average Bonchev–Trinajstić information content (AvgIpc) is 3.30. The number of methoxy groups -OCH3 is 1. The van der Waals surface area contributed by atoms with Crippen molar-refractivity contribution in [3.63, 3.8) is 0 Å². The summed E-state index contributed by atoms with van der Waals surface area (Å²) in [7, 11) is 1.46. The van der Waals surface area contributed by atoms with Gasteiger partial charge in [-0.25, -0.2) is 10.2 Å². The summed E-state index contributed by atoms with van der Waals surface area (Å²) in [5, 5.41) is 7.19. The van der Waals surface area contributed by atoms with Gasteiger partial charge in [0.2, 0.25) is 0 Å². The van der Waals surface area contributed by atoms with Crippen LogP contribution in [0.3, 0.4) is 0 Å². The number of ether oxygens (including phenoxy) is 3. The lowest BCUT2D eigenvalue weighted by Crippen LogP contribution is -2.24. The lowest BCUT2D eigenvalue weighted by atomic mass is 10.1. The average molecular weight is 624 g/mol. The maximum absolute atomic E-state index is 12.8. The Labute approximate surface area is 241 Å². The Morgan fingerprint density at radius 1 is 0.974 bits per heavy atom. The Bertz CT molecular complexity index is 1740. The lowest BCUT2D eigenvalue weighted by Gasteiger charge is -2.10. The third-order valence-electron chi connectivity index (χ3n) is 5.70. The number of amides is 1. The van der Waals surface area contributed by atoms with Crippen molar-refractivity contribution in [2.75, 3.05) is 13.7 Å². The van der Waals surface area contributed by atoms with E-state index in [2.05, 4.69) is 26.5 Å². The highest BCUT2D eigenvalue weighted by atomic mass is 79.9. The number of fused-ring (bicyclic) bond motifs is 2. The van der Waals surface area contributed by atoms with E-state index in [1.807, 2.05) is 54.6 Å². The molecule has 0 aliphatic rings. The van der Waals surface area contributed by atoms with E-state index >= 15 is 0 Å². The minimum Gasteiger partial charge on any atom is -0.493 e. The molecule has 1 aromatic heterocycles. The molecule has 0 aliphatic carbocycles. The molecule has 196 valence electrons. The van der Waals surface area contributed by atoms with E-state index in [0.717, 1.165) is 25.3 Å². The van der Waals surface area contributed by atoms with Crippen LogP contribution >= 0.6 is 38.9 Å². The summed E-state index contributed by atoms with van der Waals surface area (Å²) in [6, 6.07) is 24.0. The number of carbonyl (C=O) groups excluding carboxylic acids is 2. The molecule has 0 fully saturated rings. The molecule has 5 aromatic rings. The highest BCUT2D eigenvalue weighted by Crippen LogP contribution is 2.37. The van der Waals surface area contributed by atoms with Crippen LogP contribution in [0.4, 0.5) is 0 Å². The molecular formula is C29H20BrClN2O5S. The number of esters is 1. The Kier molecular flexibility index (Phi) is 8.11. The number of carbonyl (C=O) groups is 2. The van der Waals surface area contributed by atoms with Gasteiger partial charge in [-0.15, -0.1) is 11.3 Å². The first-order valence-corrected chi connectivity index (χ1v) is 13.6. The van der Waals surface area contributed by atoms with Crippen LogP contribution in [0.15, 0.2) is 88.4 Å². The van der Waals surface area contributed by atoms with Crippen LogP contribution in [-0.2, 0) is 4.79 Å². The first-order chi connectivity index (χ1) is 18.9. The van der Waals surface area contributed by atoms with Crippen molar-refractivity contribution in [1.82, 2.24) is 5.43 Å². The normalized spacial score (nSPS) is 11.2. The zero-order valence-corrected chi connectivity index (χ0v) is 23.6. The molecule has 0 spiro atoms. The second-order valence-corrected chi connectivity index (χ2v) is 10.4. The van der Waals surface area contributed by atoms with E-state index in [4.69, 9.17) is 25.8 Å². The number of nitrogens with one attached hydrogen (secondary N) is 1. The fourth-order valence-corrected chi connectivity index (χ4v) is 5.81. The minimum absolute atomic E-state index is 0.215. The van der Waals surface area contributed by atoms with Gasteiger partial charge in [-0.1, -0.05) is 60.1 Å². The number of halogens is 2. The van der Waals surface area contributed by atoms with Crippen molar-refractivity contribution in [2.24, 2.45) is 5.10 Å². The second kappa shape index (κ2) is 11.9. The largest absolute Gasteiger partial charge is 0.493 e. The zero-order valence-electron chi connectivity index (χ0n) is 20.4. The fourth-order valence-electron chi connectivity index (χ4n) is 3.82. The molecule has 1 heterocycles. The van der Waals surface area contributed by atoms with Crippen molar-refractivity contribution in [3.05, 3.63) is 98.8 Å².